The molecule has 2 N–H and O–H groups in total. The van der Waals surface area contributed by atoms with Crippen molar-refractivity contribution < 1.29 is 13.2 Å². The lowest BCUT2D eigenvalue weighted by Gasteiger charge is -2.07. The highest BCUT2D eigenvalue weighted by molar-refractivity contribution is 7.90. The number of primary amides is 1. The second-order valence-electron chi connectivity index (χ2n) is 4.48. The molecular weight excluding hydrogens is 294 g/mol. The zero-order chi connectivity index (χ0) is 15.6. The summed E-state index contributed by atoms with van der Waals surface area (Å²) in [6.45, 7) is 0.115. The van der Waals surface area contributed by atoms with Crippen LogP contribution in [0.15, 0.2) is 46.3 Å². The maximum Gasteiger partial charge on any atom is 0.263 e. The van der Waals surface area contributed by atoms with Crippen LogP contribution in [-0.4, -0.2) is 30.1 Å². The lowest BCUT2D eigenvalue weighted by Crippen LogP contribution is -2.29. The van der Waals surface area contributed by atoms with E-state index < -0.39 is 21.3 Å². The first kappa shape index (κ1) is 14.9. The van der Waals surface area contributed by atoms with Gasteiger partial charge in [-0.2, -0.15) is 0 Å². The Balaban J connectivity index is 2.33. The third-order valence-corrected chi connectivity index (χ3v) is 3.94. The highest BCUT2D eigenvalue weighted by Crippen LogP contribution is 2.08. The zero-order valence-electron chi connectivity index (χ0n) is 11.2. The van der Waals surface area contributed by atoms with E-state index in [-0.39, 0.29) is 17.0 Å². The van der Waals surface area contributed by atoms with Gasteiger partial charge in [-0.05, 0) is 24.3 Å². The number of pyridine rings is 2. The molecule has 0 bridgehead atoms. The zero-order valence-corrected chi connectivity index (χ0v) is 12.0. The molecule has 0 aliphatic rings. The third kappa shape index (κ3) is 3.34. The fraction of sp³-hybridized carbons (Fsp3) is 0.154. The Morgan fingerprint density at radius 1 is 1.33 bits per heavy atom. The van der Waals surface area contributed by atoms with Crippen molar-refractivity contribution in [1.29, 1.82) is 0 Å². The smallest absolute Gasteiger partial charge is 0.263 e. The maximum atomic E-state index is 12.0. The number of carbonyl (C=O) groups is 1. The number of carbonyl (C=O) groups excluding carboxylic acids is 1. The number of amides is 1. The molecule has 2 rings (SSSR count). The number of hydrogen-bond acceptors (Lipinski definition) is 5. The first-order chi connectivity index (χ1) is 9.79. The van der Waals surface area contributed by atoms with E-state index in [0.29, 0.717) is 5.69 Å². The van der Waals surface area contributed by atoms with Gasteiger partial charge >= 0.3 is 0 Å². The largest absolute Gasteiger partial charge is 0.365 e. The lowest BCUT2D eigenvalue weighted by molar-refractivity contribution is 0.0998. The van der Waals surface area contributed by atoms with Gasteiger partial charge in [-0.15, -0.1) is 0 Å². The highest BCUT2D eigenvalue weighted by atomic mass is 32.2. The van der Waals surface area contributed by atoms with Gasteiger partial charge in [0.25, 0.3) is 11.5 Å². The Morgan fingerprint density at radius 3 is 2.57 bits per heavy atom. The molecule has 0 aliphatic carbocycles. The average molecular weight is 307 g/mol. The molecule has 0 fully saturated rings. The maximum absolute atomic E-state index is 12.0. The second-order valence-corrected chi connectivity index (χ2v) is 6.49. The van der Waals surface area contributed by atoms with E-state index in [0.717, 1.165) is 6.26 Å². The molecule has 1 amide bonds. The van der Waals surface area contributed by atoms with Gasteiger partial charge in [-0.25, -0.2) is 8.42 Å². The first-order valence-corrected chi connectivity index (χ1v) is 7.82. The molecule has 0 atom stereocenters. The molecule has 8 heteroatoms. The predicted octanol–water partition coefficient (Wildman–Crippen LogP) is -0.206. The summed E-state index contributed by atoms with van der Waals surface area (Å²) in [6, 6.07) is 5.81. The fourth-order valence-corrected chi connectivity index (χ4v) is 2.31. The topological polar surface area (TPSA) is 112 Å². The number of hydrogen-bond donors (Lipinski definition) is 1. The van der Waals surface area contributed by atoms with Crippen LogP contribution >= 0.6 is 0 Å². The van der Waals surface area contributed by atoms with Crippen LogP contribution in [0.25, 0.3) is 0 Å². The molecule has 0 spiro atoms. The number of sulfone groups is 1. The van der Waals surface area contributed by atoms with Crippen molar-refractivity contribution >= 4 is 15.7 Å². The molecule has 0 aliphatic heterocycles. The Labute approximate surface area is 121 Å². The molecule has 0 unspecified atom stereocenters. The van der Waals surface area contributed by atoms with Crippen LogP contribution in [0.1, 0.15) is 16.1 Å². The quantitative estimate of drug-likeness (QED) is 0.840. The van der Waals surface area contributed by atoms with Gasteiger partial charge in [-0.3, -0.25) is 14.6 Å². The summed E-state index contributed by atoms with van der Waals surface area (Å²) < 4.78 is 23.9. The summed E-state index contributed by atoms with van der Waals surface area (Å²) in [4.78, 5) is 27.2. The van der Waals surface area contributed by atoms with Gasteiger partial charge in [0.05, 0.1) is 17.1 Å². The molecule has 0 saturated heterocycles. The molecule has 110 valence electrons. The second kappa shape index (κ2) is 5.49. The van der Waals surface area contributed by atoms with E-state index in [1.165, 1.54) is 41.2 Å². The SMILES string of the molecule is CS(=O)(=O)c1ccc(Cn2cccc(C(N)=O)c2=O)nc1. The van der Waals surface area contributed by atoms with E-state index in [1.807, 2.05) is 0 Å². The van der Waals surface area contributed by atoms with Crippen molar-refractivity contribution in [3.63, 3.8) is 0 Å². The number of rotatable bonds is 4. The number of nitrogens with two attached hydrogens (primary N) is 1. The molecular formula is C13H13N3O4S. The average Bonchev–Trinajstić information content (AvgIpc) is 2.40. The molecule has 2 aromatic heterocycles. The van der Waals surface area contributed by atoms with Gasteiger partial charge in [0, 0.05) is 18.6 Å². The predicted molar refractivity (Wildman–Crippen MR) is 75.7 cm³/mol. The fourth-order valence-electron chi connectivity index (χ4n) is 1.75. The normalized spacial score (nSPS) is 11.3. The van der Waals surface area contributed by atoms with Crippen molar-refractivity contribution in [3.8, 4) is 0 Å². The van der Waals surface area contributed by atoms with Crippen molar-refractivity contribution in [2.24, 2.45) is 5.73 Å². The highest BCUT2D eigenvalue weighted by Gasteiger charge is 2.10. The van der Waals surface area contributed by atoms with Crippen LogP contribution in [0.4, 0.5) is 0 Å². The van der Waals surface area contributed by atoms with Gasteiger partial charge in [0.2, 0.25) is 0 Å². The minimum atomic E-state index is -3.31. The van der Waals surface area contributed by atoms with E-state index in [2.05, 4.69) is 4.98 Å². The van der Waals surface area contributed by atoms with Crippen LogP contribution in [0.5, 0.6) is 0 Å². The van der Waals surface area contributed by atoms with Crippen LogP contribution < -0.4 is 11.3 Å². The summed E-state index contributed by atoms with van der Waals surface area (Å²) in [6.07, 6.45) is 3.82. The molecule has 0 saturated carbocycles. The van der Waals surface area contributed by atoms with Crippen LogP contribution in [0.3, 0.4) is 0 Å². The van der Waals surface area contributed by atoms with Crippen LogP contribution in [0.2, 0.25) is 0 Å². The standard InChI is InChI=1S/C13H13N3O4S/c1-21(19,20)10-5-4-9(15-7-10)8-16-6-2-3-11(12(14)17)13(16)18/h2-7H,8H2,1H3,(H2,14,17). The molecule has 2 heterocycles. The monoisotopic (exact) mass is 307 g/mol. The first-order valence-electron chi connectivity index (χ1n) is 5.93. The number of aromatic nitrogens is 2. The number of nitrogens with zero attached hydrogens (tertiary/aromatic N) is 2. The van der Waals surface area contributed by atoms with Gasteiger partial charge in [0.1, 0.15) is 5.56 Å². The Kier molecular flexibility index (Phi) is 3.90. The third-order valence-electron chi connectivity index (χ3n) is 2.84. The summed E-state index contributed by atoms with van der Waals surface area (Å²) in [5.41, 5.74) is 4.98. The van der Waals surface area contributed by atoms with Gasteiger partial charge in [0.15, 0.2) is 9.84 Å². The van der Waals surface area contributed by atoms with E-state index >= 15 is 0 Å². The minimum Gasteiger partial charge on any atom is -0.365 e. The minimum absolute atomic E-state index is 0.101. The Bertz CT molecular complexity index is 838. The van der Waals surface area contributed by atoms with Crippen LogP contribution in [0, 0.1) is 0 Å². The van der Waals surface area contributed by atoms with E-state index in [1.54, 1.807) is 0 Å². The van der Waals surface area contributed by atoms with Crippen molar-refractivity contribution in [2.75, 3.05) is 6.26 Å². The van der Waals surface area contributed by atoms with Gasteiger partial charge in [-0.1, -0.05) is 0 Å². The Morgan fingerprint density at radius 2 is 2.05 bits per heavy atom. The molecule has 21 heavy (non-hydrogen) atoms. The summed E-state index contributed by atoms with van der Waals surface area (Å²) in [5, 5.41) is 0. The van der Waals surface area contributed by atoms with Crippen molar-refractivity contribution in [3.05, 3.63) is 58.3 Å². The van der Waals surface area contributed by atoms with E-state index in [4.69, 9.17) is 5.73 Å². The van der Waals surface area contributed by atoms with Crippen molar-refractivity contribution in [1.82, 2.24) is 9.55 Å². The summed E-state index contributed by atoms with van der Waals surface area (Å²) in [5.74, 6) is -0.797. The van der Waals surface area contributed by atoms with Gasteiger partial charge < -0.3 is 10.3 Å². The summed E-state index contributed by atoms with van der Waals surface area (Å²) >= 11 is 0. The molecule has 0 radical (unpaired) electrons. The van der Waals surface area contributed by atoms with E-state index in [9.17, 15) is 18.0 Å². The molecule has 0 aromatic carbocycles. The Hall–Kier alpha value is -2.48. The summed E-state index contributed by atoms with van der Waals surface area (Å²) in [7, 11) is -3.31. The van der Waals surface area contributed by atoms with Crippen LogP contribution in [-0.2, 0) is 16.4 Å². The molecule has 2 aromatic rings. The van der Waals surface area contributed by atoms with Crippen molar-refractivity contribution in [2.45, 2.75) is 11.4 Å². The molecule has 7 nitrogen and oxygen atoms in total. The lowest BCUT2D eigenvalue weighted by atomic mass is 10.2.